The molecule has 0 aromatic rings. The van der Waals surface area contributed by atoms with Crippen LogP contribution in [-0.2, 0) is 4.79 Å². The van der Waals surface area contributed by atoms with Gasteiger partial charge in [-0.2, -0.15) is 0 Å². The molecule has 1 aliphatic heterocycles. The summed E-state index contributed by atoms with van der Waals surface area (Å²) in [5.74, 6) is 0.389. The largest absolute Gasteiger partial charge is 0.481 e. The fraction of sp³-hybridized carbons (Fsp3) is 0.867. The number of urea groups is 1. The van der Waals surface area contributed by atoms with Crippen LogP contribution in [0.4, 0.5) is 4.79 Å². The number of likely N-dealkylation sites (tertiary alicyclic amines) is 1. The van der Waals surface area contributed by atoms with Crippen LogP contribution in [0.25, 0.3) is 0 Å². The minimum atomic E-state index is -0.737. The van der Waals surface area contributed by atoms with Gasteiger partial charge in [0.25, 0.3) is 0 Å². The van der Waals surface area contributed by atoms with Crippen LogP contribution < -0.4 is 5.32 Å². The highest BCUT2D eigenvalue weighted by atomic mass is 16.4. The maximum Gasteiger partial charge on any atom is 0.317 e. The summed E-state index contributed by atoms with van der Waals surface area (Å²) in [6.45, 7) is 6.13. The second kappa shape index (κ2) is 6.46. The van der Waals surface area contributed by atoms with Crippen molar-refractivity contribution in [1.29, 1.82) is 0 Å². The van der Waals surface area contributed by atoms with Crippen LogP contribution in [0.5, 0.6) is 0 Å². The van der Waals surface area contributed by atoms with E-state index in [9.17, 15) is 9.59 Å². The SMILES string of the molecule is CC(C)C1CCN(C(=O)N[C@H]2CC[C@@H](C(=O)O)C2)CC1. The summed E-state index contributed by atoms with van der Waals surface area (Å²) in [4.78, 5) is 25.0. The number of carboxylic acid groups (broad SMARTS) is 1. The van der Waals surface area contributed by atoms with Gasteiger partial charge in [-0.3, -0.25) is 4.79 Å². The van der Waals surface area contributed by atoms with Crippen LogP contribution >= 0.6 is 0 Å². The van der Waals surface area contributed by atoms with E-state index in [0.717, 1.165) is 38.3 Å². The number of carbonyl (C=O) groups excluding carboxylic acids is 1. The molecule has 5 heteroatoms. The van der Waals surface area contributed by atoms with Gasteiger partial charge >= 0.3 is 12.0 Å². The van der Waals surface area contributed by atoms with Crippen LogP contribution in [0, 0.1) is 17.8 Å². The molecule has 0 unspecified atom stereocenters. The lowest BCUT2D eigenvalue weighted by Gasteiger charge is -2.34. The molecule has 2 N–H and O–H groups in total. The van der Waals surface area contributed by atoms with E-state index < -0.39 is 5.97 Å². The van der Waals surface area contributed by atoms with E-state index in [1.54, 1.807) is 0 Å². The molecule has 0 spiro atoms. The molecule has 1 saturated carbocycles. The standard InChI is InChI=1S/C15H26N2O3/c1-10(2)11-5-7-17(8-6-11)15(20)16-13-4-3-12(9-13)14(18)19/h10-13H,3-9H2,1-2H3,(H,16,20)(H,18,19)/t12-,13+/m1/s1. The van der Waals surface area contributed by atoms with Crippen molar-refractivity contribution in [3.63, 3.8) is 0 Å². The zero-order valence-electron chi connectivity index (χ0n) is 12.5. The zero-order chi connectivity index (χ0) is 14.7. The molecule has 0 aromatic carbocycles. The molecule has 2 aliphatic rings. The highest BCUT2D eigenvalue weighted by molar-refractivity contribution is 5.75. The Morgan fingerprint density at radius 3 is 2.30 bits per heavy atom. The first-order valence-electron chi connectivity index (χ1n) is 7.75. The first kappa shape index (κ1) is 15.1. The van der Waals surface area contributed by atoms with E-state index in [2.05, 4.69) is 19.2 Å². The first-order valence-corrected chi connectivity index (χ1v) is 7.75. The van der Waals surface area contributed by atoms with E-state index in [1.807, 2.05) is 4.90 Å². The normalized spacial score (nSPS) is 27.9. The number of carbonyl (C=O) groups is 2. The van der Waals surface area contributed by atoms with Gasteiger partial charge < -0.3 is 15.3 Å². The van der Waals surface area contributed by atoms with Crippen molar-refractivity contribution < 1.29 is 14.7 Å². The van der Waals surface area contributed by atoms with Crippen LogP contribution in [0.15, 0.2) is 0 Å². The predicted molar refractivity (Wildman–Crippen MR) is 76.4 cm³/mol. The Kier molecular flexibility index (Phi) is 4.89. The minimum absolute atomic E-state index is 0.0109. The summed E-state index contributed by atoms with van der Waals surface area (Å²) in [7, 11) is 0. The van der Waals surface area contributed by atoms with Gasteiger partial charge in [-0.15, -0.1) is 0 Å². The Morgan fingerprint density at radius 2 is 1.80 bits per heavy atom. The van der Waals surface area contributed by atoms with Crippen molar-refractivity contribution >= 4 is 12.0 Å². The van der Waals surface area contributed by atoms with Gasteiger partial charge in [-0.1, -0.05) is 13.8 Å². The minimum Gasteiger partial charge on any atom is -0.481 e. The van der Waals surface area contributed by atoms with Gasteiger partial charge in [0.15, 0.2) is 0 Å². The molecule has 2 amide bonds. The summed E-state index contributed by atoms with van der Waals surface area (Å²) in [5.41, 5.74) is 0. The second-order valence-corrected chi connectivity index (χ2v) is 6.56. The third-order valence-electron chi connectivity index (χ3n) is 4.88. The van der Waals surface area contributed by atoms with Crippen molar-refractivity contribution in [3.05, 3.63) is 0 Å². The topological polar surface area (TPSA) is 69.6 Å². The Hall–Kier alpha value is -1.26. The monoisotopic (exact) mass is 282 g/mol. The van der Waals surface area contributed by atoms with Crippen LogP contribution in [0.2, 0.25) is 0 Å². The van der Waals surface area contributed by atoms with Crippen molar-refractivity contribution in [1.82, 2.24) is 10.2 Å². The molecule has 2 rings (SSSR count). The molecule has 0 radical (unpaired) electrons. The fourth-order valence-corrected chi connectivity index (χ4v) is 3.37. The maximum atomic E-state index is 12.2. The number of piperidine rings is 1. The molecule has 2 atom stereocenters. The fourth-order valence-electron chi connectivity index (χ4n) is 3.37. The Balaban J connectivity index is 1.75. The average Bonchev–Trinajstić information content (AvgIpc) is 2.87. The lowest BCUT2D eigenvalue weighted by atomic mass is 9.87. The summed E-state index contributed by atoms with van der Waals surface area (Å²) in [5, 5.41) is 12.0. The van der Waals surface area contributed by atoms with Gasteiger partial charge in [0.1, 0.15) is 0 Å². The van der Waals surface area contributed by atoms with Crippen molar-refractivity contribution in [3.8, 4) is 0 Å². The van der Waals surface area contributed by atoms with E-state index in [1.165, 1.54) is 0 Å². The first-order chi connectivity index (χ1) is 9.47. The lowest BCUT2D eigenvalue weighted by Crippen LogP contribution is -2.47. The molecule has 1 aliphatic carbocycles. The van der Waals surface area contributed by atoms with Crippen molar-refractivity contribution in [2.75, 3.05) is 13.1 Å². The number of hydrogen-bond donors (Lipinski definition) is 2. The molecule has 5 nitrogen and oxygen atoms in total. The average molecular weight is 282 g/mol. The van der Waals surface area contributed by atoms with Gasteiger partial charge in [0.05, 0.1) is 5.92 Å². The van der Waals surface area contributed by atoms with E-state index in [4.69, 9.17) is 5.11 Å². The number of aliphatic carboxylic acids is 1. The maximum absolute atomic E-state index is 12.2. The lowest BCUT2D eigenvalue weighted by molar-refractivity contribution is -0.141. The highest BCUT2D eigenvalue weighted by Crippen LogP contribution is 2.27. The zero-order valence-corrected chi connectivity index (χ0v) is 12.5. The van der Waals surface area contributed by atoms with E-state index in [-0.39, 0.29) is 18.0 Å². The number of amides is 2. The number of nitrogens with zero attached hydrogens (tertiary/aromatic N) is 1. The quantitative estimate of drug-likeness (QED) is 0.834. The van der Waals surface area contributed by atoms with Crippen LogP contribution in [0.1, 0.15) is 46.0 Å². The van der Waals surface area contributed by atoms with Gasteiger partial charge in [0, 0.05) is 19.1 Å². The molecule has 2 fully saturated rings. The summed E-state index contributed by atoms with van der Waals surface area (Å²) in [6.07, 6.45) is 4.19. The van der Waals surface area contributed by atoms with E-state index in [0.29, 0.717) is 18.8 Å². The Labute approximate surface area is 120 Å². The number of hydrogen-bond acceptors (Lipinski definition) is 2. The van der Waals surface area contributed by atoms with Crippen LogP contribution in [0.3, 0.4) is 0 Å². The third-order valence-corrected chi connectivity index (χ3v) is 4.88. The molecule has 0 bridgehead atoms. The van der Waals surface area contributed by atoms with Crippen molar-refractivity contribution in [2.45, 2.75) is 52.0 Å². The molecular weight excluding hydrogens is 256 g/mol. The molecule has 114 valence electrons. The number of nitrogens with one attached hydrogen (secondary N) is 1. The van der Waals surface area contributed by atoms with Crippen molar-refractivity contribution in [2.24, 2.45) is 17.8 Å². The molecule has 20 heavy (non-hydrogen) atoms. The third kappa shape index (κ3) is 3.64. The highest BCUT2D eigenvalue weighted by Gasteiger charge is 2.32. The Morgan fingerprint density at radius 1 is 1.15 bits per heavy atom. The number of carboxylic acids is 1. The Bertz CT molecular complexity index is 362. The smallest absolute Gasteiger partial charge is 0.317 e. The molecule has 1 saturated heterocycles. The predicted octanol–water partition coefficient (Wildman–Crippen LogP) is 2.32. The number of rotatable bonds is 3. The molecule has 1 heterocycles. The van der Waals surface area contributed by atoms with Gasteiger partial charge in [-0.05, 0) is 43.9 Å². The summed E-state index contributed by atoms with van der Waals surface area (Å²) >= 11 is 0. The van der Waals surface area contributed by atoms with Gasteiger partial charge in [-0.25, -0.2) is 4.79 Å². The summed E-state index contributed by atoms with van der Waals surface area (Å²) < 4.78 is 0. The molecule has 0 aromatic heterocycles. The van der Waals surface area contributed by atoms with Crippen LogP contribution in [-0.4, -0.2) is 41.1 Å². The molecular formula is C15H26N2O3. The van der Waals surface area contributed by atoms with Gasteiger partial charge in [0.2, 0.25) is 0 Å². The van der Waals surface area contributed by atoms with E-state index >= 15 is 0 Å². The second-order valence-electron chi connectivity index (χ2n) is 6.56. The summed E-state index contributed by atoms with van der Waals surface area (Å²) in [6, 6.07) is 0.0228.